The lowest BCUT2D eigenvalue weighted by Crippen LogP contribution is -2.37. The average molecular weight is 624 g/mol. The number of pyridine rings is 1. The van der Waals surface area contributed by atoms with E-state index in [-0.39, 0.29) is 29.8 Å². The monoisotopic (exact) mass is 623 g/mol. The zero-order valence-electron chi connectivity index (χ0n) is 26.4. The molecular weight excluding hydrogens is 585 g/mol. The van der Waals surface area contributed by atoms with Crippen LogP contribution >= 0.6 is 0 Å². The minimum atomic E-state index is -0.531. The lowest BCUT2D eigenvalue weighted by Gasteiger charge is -2.22. The molecule has 3 N–H and O–H groups in total. The van der Waals surface area contributed by atoms with Gasteiger partial charge >= 0.3 is 0 Å². The Morgan fingerprint density at radius 2 is 1.63 bits per heavy atom. The number of hydrogen-bond acceptors (Lipinski definition) is 6. The van der Waals surface area contributed by atoms with Gasteiger partial charge in [-0.1, -0.05) is 12.1 Å². The highest BCUT2D eigenvalue weighted by Gasteiger charge is 2.21. The van der Waals surface area contributed by atoms with Crippen LogP contribution in [0.5, 0.6) is 0 Å². The molecule has 46 heavy (non-hydrogen) atoms. The number of carbonyl (C=O) groups excluding carboxylic acids is 3. The third-order valence-electron chi connectivity index (χ3n) is 8.50. The van der Waals surface area contributed by atoms with Crippen molar-refractivity contribution in [2.24, 2.45) is 0 Å². The fraction of sp³-hybridized carbons (Fsp3) is 0.278. The Morgan fingerprint density at radius 1 is 0.913 bits per heavy atom. The van der Waals surface area contributed by atoms with E-state index in [2.05, 4.69) is 20.9 Å². The lowest BCUT2D eigenvalue weighted by atomic mass is 9.97. The van der Waals surface area contributed by atoms with Crippen LogP contribution < -0.4 is 26.4 Å². The van der Waals surface area contributed by atoms with Crippen LogP contribution in [0.25, 0.3) is 11.3 Å². The van der Waals surface area contributed by atoms with E-state index in [1.165, 1.54) is 24.3 Å². The Hall–Kier alpha value is -5.09. The van der Waals surface area contributed by atoms with Crippen LogP contribution in [0.3, 0.4) is 0 Å². The number of amides is 2. The van der Waals surface area contributed by atoms with Crippen molar-refractivity contribution in [1.29, 1.82) is 0 Å². The summed E-state index contributed by atoms with van der Waals surface area (Å²) in [5.74, 6) is -1.30. The molecule has 2 heterocycles. The summed E-state index contributed by atoms with van der Waals surface area (Å²) in [5.41, 5.74) is 4.40. The Balaban J connectivity index is 1.66. The summed E-state index contributed by atoms with van der Waals surface area (Å²) in [6.07, 6.45) is 2.06. The van der Waals surface area contributed by atoms with Gasteiger partial charge < -0.3 is 25.4 Å². The Morgan fingerprint density at radius 3 is 2.30 bits per heavy atom. The molecule has 0 radical (unpaired) electrons. The Labute approximate surface area is 267 Å². The summed E-state index contributed by atoms with van der Waals surface area (Å²) in [5, 5.41) is 8.28. The topological polar surface area (TPSA) is 113 Å². The molecule has 1 unspecified atom stereocenters. The summed E-state index contributed by atoms with van der Waals surface area (Å²) >= 11 is 0. The van der Waals surface area contributed by atoms with Gasteiger partial charge in [0.15, 0.2) is 5.78 Å². The average Bonchev–Trinajstić information content (AvgIpc) is 3.61. The van der Waals surface area contributed by atoms with Gasteiger partial charge in [0.1, 0.15) is 11.5 Å². The highest BCUT2D eigenvalue weighted by molar-refractivity contribution is 6.09. The molecule has 1 aliphatic rings. The molecule has 0 bridgehead atoms. The van der Waals surface area contributed by atoms with E-state index >= 15 is 0 Å². The number of likely N-dealkylation sites (N-methyl/N-ethyl adjacent to an activating group) is 1. The molecule has 1 aliphatic heterocycles. The van der Waals surface area contributed by atoms with Crippen molar-refractivity contribution in [3.05, 3.63) is 117 Å². The van der Waals surface area contributed by atoms with Crippen molar-refractivity contribution in [2.75, 3.05) is 37.4 Å². The smallest absolute Gasteiger partial charge is 0.275 e. The fourth-order valence-corrected chi connectivity index (χ4v) is 5.74. The van der Waals surface area contributed by atoms with Crippen molar-refractivity contribution >= 4 is 29.0 Å². The minimum absolute atomic E-state index is 0.0779. The number of hydrogen-bond donors (Lipinski definition) is 3. The van der Waals surface area contributed by atoms with E-state index in [1.54, 1.807) is 55.9 Å². The van der Waals surface area contributed by atoms with Crippen LogP contribution in [-0.2, 0) is 11.3 Å². The number of nitrogens with zero attached hydrogens (tertiary/aromatic N) is 2. The fourth-order valence-electron chi connectivity index (χ4n) is 5.74. The van der Waals surface area contributed by atoms with Gasteiger partial charge in [0.25, 0.3) is 11.5 Å². The number of rotatable bonds is 10. The van der Waals surface area contributed by atoms with Crippen molar-refractivity contribution in [2.45, 2.75) is 39.3 Å². The molecule has 3 aromatic carbocycles. The van der Waals surface area contributed by atoms with Gasteiger partial charge in [-0.2, -0.15) is 0 Å². The molecule has 0 saturated carbocycles. The number of nitrogens with one attached hydrogen (secondary N) is 3. The van der Waals surface area contributed by atoms with Crippen LogP contribution in [0.1, 0.15) is 57.2 Å². The maximum atomic E-state index is 14.1. The number of anilines is 2. The molecule has 1 atom stereocenters. The van der Waals surface area contributed by atoms with Crippen LogP contribution in [0.2, 0.25) is 0 Å². The molecule has 2 amide bonds. The lowest BCUT2D eigenvalue weighted by molar-refractivity contribution is -0.117. The molecule has 5 rings (SSSR count). The number of benzene rings is 3. The molecule has 238 valence electrons. The third kappa shape index (κ3) is 6.77. The second-order valence-corrected chi connectivity index (χ2v) is 11.5. The molecule has 9 nitrogen and oxygen atoms in total. The van der Waals surface area contributed by atoms with Gasteiger partial charge in [0.2, 0.25) is 5.91 Å². The van der Waals surface area contributed by atoms with Gasteiger partial charge in [0, 0.05) is 48.1 Å². The van der Waals surface area contributed by atoms with Gasteiger partial charge in [-0.15, -0.1) is 0 Å². The largest absolute Gasteiger partial charge is 0.372 e. The molecule has 1 saturated heterocycles. The van der Waals surface area contributed by atoms with Gasteiger partial charge in [-0.25, -0.2) is 4.39 Å². The Bertz CT molecular complexity index is 1840. The predicted octanol–water partition coefficient (Wildman–Crippen LogP) is 4.75. The van der Waals surface area contributed by atoms with E-state index in [4.69, 9.17) is 0 Å². The zero-order chi connectivity index (χ0) is 33.0. The maximum absolute atomic E-state index is 14.1. The van der Waals surface area contributed by atoms with Crippen LogP contribution in [0, 0.1) is 12.7 Å². The first kappa shape index (κ1) is 32.3. The number of ketones is 1. The SMILES string of the molecule is CNC(=O)c1cccc(-c2ccc(NC(=O)C(C)NC)c(=O)n2Cc2cc(C(=O)c3ccc(F)cc3)cc(N3CCCC3)c2)c1C. The van der Waals surface area contributed by atoms with Gasteiger partial charge in [-0.05, 0) is 106 Å². The molecular formula is C36H38FN5O4. The van der Waals surface area contributed by atoms with E-state index in [0.29, 0.717) is 39.1 Å². The summed E-state index contributed by atoms with van der Waals surface area (Å²) in [6, 6.07) is 19.1. The van der Waals surface area contributed by atoms with Crippen molar-refractivity contribution in [1.82, 2.24) is 15.2 Å². The molecule has 0 aliphatic carbocycles. The summed E-state index contributed by atoms with van der Waals surface area (Å²) in [6.45, 7) is 5.28. The highest BCUT2D eigenvalue weighted by Crippen LogP contribution is 2.29. The standard InChI is InChI=1S/C36H38FN5O4/c1-22-29(8-7-9-30(22)35(45)39-4)32-15-14-31(40-34(44)23(2)38-3)36(46)42(32)21-24-18-26(20-28(19-24)41-16-5-6-17-41)33(43)25-10-12-27(37)13-11-25/h7-15,18-20,23,38H,5-6,16-17,21H2,1-4H3,(H,39,45)(H,40,44). The number of aromatic nitrogens is 1. The predicted molar refractivity (Wildman–Crippen MR) is 178 cm³/mol. The first-order chi connectivity index (χ1) is 22.1. The van der Waals surface area contributed by atoms with E-state index in [0.717, 1.165) is 31.6 Å². The second-order valence-electron chi connectivity index (χ2n) is 11.5. The maximum Gasteiger partial charge on any atom is 0.275 e. The van der Waals surface area contributed by atoms with E-state index in [1.807, 2.05) is 25.1 Å². The van der Waals surface area contributed by atoms with E-state index < -0.39 is 17.4 Å². The first-order valence-corrected chi connectivity index (χ1v) is 15.3. The molecule has 1 fully saturated rings. The molecule has 0 spiro atoms. The minimum Gasteiger partial charge on any atom is -0.372 e. The third-order valence-corrected chi connectivity index (χ3v) is 8.50. The summed E-state index contributed by atoms with van der Waals surface area (Å²) in [7, 11) is 3.22. The number of carbonyl (C=O) groups is 3. The van der Waals surface area contributed by atoms with Gasteiger partial charge in [-0.3, -0.25) is 19.2 Å². The Kier molecular flexibility index (Phi) is 9.77. The molecule has 10 heteroatoms. The zero-order valence-corrected chi connectivity index (χ0v) is 26.4. The van der Waals surface area contributed by atoms with Crippen LogP contribution in [0.15, 0.2) is 77.6 Å². The van der Waals surface area contributed by atoms with Crippen LogP contribution in [0.4, 0.5) is 15.8 Å². The molecule has 1 aromatic heterocycles. The highest BCUT2D eigenvalue weighted by atomic mass is 19.1. The second kappa shape index (κ2) is 13.9. The van der Waals surface area contributed by atoms with E-state index in [9.17, 15) is 23.6 Å². The van der Waals surface area contributed by atoms with Crippen molar-refractivity contribution < 1.29 is 18.8 Å². The first-order valence-electron chi connectivity index (χ1n) is 15.3. The normalized spacial score (nSPS) is 13.4. The van der Waals surface area contributed by atoms with Gasteiger partial charge in [0.05, 0.1) is 18.3 Å². The quantitative estimate of drug-likeness (QED) is 0.220. The summed E-state index contributed by atoms with van der Waals surface area (Å²) < 4.78 is 15.2. The number of halogens is 1. The van der Waals surface area contributed by atoms with Crippen molar-refractivity contribution in [3.8, 4) is 11.3 Å². The molecule has 4 aromatic rings. The van der Waals surface area contributed by atoms with Crippen molar-refractivity contribution in [3.63, 3.8) is 0 Å². The van der Waals surface area contributed by atoms with Crippen LogP contribution in [-0.4, -0.2) is 55.4 Å². The summed E-state index contributed by atoms with van der Waals surface area (Å²) in [4.78, 5) is 55.4.